The molecule has 0 atom stereocenters. The van der Waals surface area contributed by atoms with Gasteiger partial charge in [-0.1, -0.05) is 0 Å². The summed E-state index contributed by atoms with van der Waals surface area (Å²) < 4.78 is 15.3. The van der Waals surface area contributed by atoms with Crippen LogP contribution in [-0.2, 0) is 16.2 Å². The van der Waals surface area contributed by atoms with Gasteiger partial charge in [0, 0.05) is 0 Å². The van der Waals surface area contributed by atoms with Gasteiger partial charge in [0.15, 0.2) is 0 Å². The molecule has 4 heteroatoms. The van der Waals surface area contributed by atoms with Crippen LogP contribution >= 0.6 is 0 Å². The minimum atomic E-state index is -0.500. The van der Waals surface area contributed by atoms with Gasteiger partial charge in [0.1, 0.15) is 0 Å². The maximum atomic E-state index is 8.40. The van der Waals surface area contributed by atoms with Crippen LogP contribution in [0.15, 0.2) is 0 Å². The second kappa shape index (κ2) is 8.93. The van der Waals surface area contributed by atoms with Gasteiger partial charge in [-0.05, 0) is 0 Å². The Hall–Kier alpha value is 1.11. The van der Waals surface area contributed by atoms with E-state index in [2.05, 4.69) is 0 Å². The largest absolute Gasteiger partial charge is 1.00 e. The molecule has 20 valence electrons. The SMILES string of the molecule is O=[S-]O.[Na+]. The standard InChI is InChI=1S/Na.HO2S/c;1-3-2/h;(H,1,2)/q+1;-1. The molecule has 0 saturated carbocycles. The maximum absolute atomic E-state index is 8.40. The third-order valence-corrected chi connectivity index (χ3v) is 0. The summed E-state index contributed by atoms with van der Waals surface area (Å²) in [4.78, 5) is 0. The summed E-state index contributed by atoms with van der Waals surface area (Å²) in [5.74, 6) is 0. The van der Waals surface area contributed by atoms with Crippen LogP contribution in [0, 0.1) is 0 Å². The molecule has 0 aliphatic rings. The fraction of sp³-hybridized carbons (Fsp3) is 0. The zero-order valence-corrected chi connectivity index (χ0v) is 5.08. The minimum absolute atomic E-state index is 0. The molecule has 0 aromatic rings. The van der Waals surface area contributed by atoms with E-state index in [1.165, 1.54) is 0 Å². The monoisotopic (exact) mass is 88.0 g/mol. The first-order chi connectivity index (χ1) is 1.41. The van der Waals surface area contributed by atoms with Crippen molar-refractivity contribution in [3.8, 4) is 0 Å². The second-order valence-electron chi connectivity index (χ2n) is 0.0745. The van der Waals surface area contributed by atoms with E-state index >= 15 is 0 Å². The van der Waals surface area contributed by atoms with Gasteiger partial charge < -0.3 is 8.76 Å². The van der Waals surface area contributed by atoms with Crippen LogP contribution in [0.5, 0.6) is 0 Å². The molecule has 4 heavy (non-hydrogen) atoms. The molecule has 1 N–H and O–H groups in total. The van der Waals surface area contributed by atoms with Crippen molar-refractivity contribution >= 4 is 11.9 Å². The Morgan fingerprint density at radius 2 is 1.75 bits per heavy atom. The number of rotatable bonds is 0. The second-order valence-corrected chi connectivity index (χ2v) is 0.224. The maximum Gasteiger partial charge on any atom is 1.00 e. The molecule has 0 unspecified atom stereocenters. The zero-order valence-electron chi connectivity index (χ0n) is 2.26. The van der Waals surface area contributed by atoms with Crippen LogP contribution < -0.4 is 29.6 Å². The molecular weight excluding hydrogens is 87.1 g/mol. The van der Waals surface area contributed by atoms with Crippen molar-refractivity contribution in [3.63, 3.8) is 0 Å². The van der Waals surface area contributed by atoms with Gasteiger partial charge in [0.2, 0.25) is 0 Å². The molecule has 0 spiro atoms. The number of hydrogen-bond donors (Lipinski definition) is 1. The van der Waals surface area contributed by atoms with Gasteiger partial charge in [-0.2, -0.15) is 0 Å². The molecule has 0 radical (unpaired) electrons. The fourth-order valence-corrected chi connectivity index (χ4v) is 0. The normalized spacial score (nSPS) is 4.25. The predicted octanol–water partition coefficient (Wildman–Crippen LogP) is -3.11. The molecule has 0 bridgehead atoms. The fourth-order valence-electron chi connectivity index (χ4n) is 0. The minimum Gasteiger partial charge on any atom is -0.487 e. The van der Waals surface area contributed by atoms with Crippen molar-refractivity contribution in [3.05, 3.63) is 0 Å². The van der Waals surface area contributed by atoms with E-state index in [9.17, 15) is 0 Å². The van der Waals surface area contributed by atoms with Crippen molar-refractivity contribution in [1.29, 1.82) is 0 Å². The van der Waals surface area contributed by atoms with Gasteiger partial charge in [-0.15, -0.1) is 0 Å². The summed E-state index contributed by atoms with van der Waals surface area (Å²) >= 11 is -0.500. The van der Waals surface area contributed by atoms with Gasteiger partial charge >= 0.3 is 29.6 Å². The Bertz CT molecular complexity index is 13.5. The summed E-state index contributed by atoms with van der Waals surface area (Å²) in [6.45, 7) is 0. The third-order valence-electron chi connectivity index (χ3n) is 0. The topological polar surface area (TPSA) is 37.3 Å². The summed E-state index contributed by atoms with van der Waals surface area (Å²) in [7, 11) is 0. The molecular formula is HNaO2S. The van der Waals surface area contributed by atoms with E-state index < -0.39 is 11.9 Å². The summed E-state index contributed by atoms with van der Waals surface area (Å²) in [5, 5.41) is 0. The van der Waals surface area contributed by atoms with E-state index in [0.717, 1.165) is 0 Å². The summed E-state index contributed by atoms with van der Waals surface area (Å²) in [6.07, 6.45) is 0. The first-order valence-corrected chi connectivity index (χ1v) is 1.05. The van der Waals surface area contributed by atoms with Crippen LogP contribution in [0.3, 0.4) is 0 Å². The molecule has 2 nitrogen and oxygen atoms in total. The average Bonchev–Trinajstić information content (AvgIpc) is 0.918. The van der Waals surface area contributed by atoms with Gasteiger partial charge in [0.25, 0.3) is 0 Å². The Morgan fingerprint density at radius 3 is 1.75 bits per heavy atom. The molecule has 0 aliphatic heterocycles. The molecule has 0 aromatic heterocycles. The van der Waals surface area contributed by atoms with Crippen molar-refractivity contribution in [2.24, 2.45) is 0 Å². The van der Waals surface area contributed by atoms with Crippen molar-refractivity contribution in [1.82, 2.24) is 0 Å². The van der Waals surface area contributed by atoms with Gasteiger partial charge in [0.05, 0.1) is 0 Å². The van der Waals surface area contributed by atoms with Crippen LogP contribution in [-0.4, -0.2) is 4.55 Å². The smallest absolute Gasteiger partial charge is 0.487 e. The van der Waals surface area contributed by atoms with Gasteiger partial charge in [-0.25, -0.2) is 11.9 Å². The third kappa shape index (κ3) is 11.2. The van der Waals surface area contributed by atoms with Crippen LogP contribution in [0.2, 0.25) is 0 Å². The first-order valence-electron chi connectivity index (χ1n) is 0.349. The van der Waals surface area contributed by atoms with Crippen LogP contribution in [0.1, 0.15) is 0 Å². The van der Waals surface area contributed by atoms with Crippen LogP contribution in [0.25, 0.3) is 0 Å². The Kier molecular flexibility index (Phi) is 19.9. The van der Waals surface area contributed by atoms with E-state index in [4.69, 9.17) is 8.76 Å². The molecule has 0 fully saturated rings. The van der Waals surface area contributed by atoms with E-state index in [0.29, 0.717) is 0 Å². The Balaban J connectivity index is 0. The van der Waals surface area contributed by atoms with E-state index in [1.54, 1.807) is 0 Å². The summed E-state index contributed by atoms with van der Waals surface area (Å²) in [6, 6.07) is 0. The van der Waals surface area contributed by atoms with Crippen LogP contribution in [0.4, 0.5) is 0 Å². The van der Waals surface area contributed by atoms with Gasteiger partial charge in [-0.3, -0.25) is 0 Å². The van der Waals surface area contributed by atoms with Crippen molar-refractivity contribution < 1.29 is 38.3 Å². The molecule has 0 aliphatic carbocycles. The van der Waals surface area contributed by atoms with E-state index in [1.807, 2.05) is 0 Å². The predicted molar refractivity (Wildman–Crippen MR) is 10.7 cm³/mol. The quantitative estimate of drug-likeness (QED) is 0.193. The Labute approximate surface area is 50.2 Å². The summed E-state index contributed by atoms with van der Waals surface area (Å²) in [5.41, 5.74) is 0. The van der Waals surface area contributed by atoms with E-state index in [-0.39, 0.29) is 29.6 Å². The molecule has 0 saturated heterocycles. The van der Waals surface area contributed by atoms with Crippen molar-refractivity contribution in [2.45, 2.75) is 0 Å². The first kappa shape index (κ1) is 8.92. The average molecular weight is 88.1 g/mol. The molecule has 0 rings (SSSR count). The molecule has 0 aromatic carbocycles. The van der Waals surface area contributed by atoms with Crippen molar-refractivity contribution in [2.75, 3.05) is 0 Å². The molecule has 0 heterocycles. The Morgan fingerprint density at radius 1 is 1.75 bits per heavy atom. The molecule has 0 amide bonds. The number of hydrogen-bond acceptors (Lipinski definition) is 2. The zero-order chi connectivity index (χ0) is 2.71.